The van der Waals surface area contributed by atoms with Crippen LogP contribution in [0.2, 0.25) is 5.02 Å². The molecule has 9 heteroatoms. The zero-order valence-corrected chi connectivity index (χ0v) is 17.7. The molecule has 0 amide bonds. The van der Waals surface area contributed by atoms with Crippen LogP contribution in [-0.2, 0) is 16.8 Å². The van der Waals surface area contributed by atoms with Crippen molar-refractivity contribution < 1.29 is 13.7 Å². The largest absolute Gasteiger partial charge is 0.489 e. The van der Waals surface area contributed by atoms with E-state index >= 15 is 0 Å². The number of ether oxygens (including phenoxy) is 1. The van der Waals surface area contributed by atoms with Gasteiger partial charge in [0.15, 0.2) is 0 Å². The molecular weight excluding hydrogens is 402 g/mol. The zero-order chi connectivity index (χ0) is 20.5. The number of H-pyrrole nitrogens is 1. The zero-order valence-electron chi connectivity index (χ0n) is 16.2. The molecular formula is C19H24ClN3O4S. The van der Waals surface area contributed by atoms with Crippen LogP contribution in [0.3, 0.4) is 0 Å². The smallest absolute Gasteiger partial charge is 0.277 e. The third-order valence-corrected chi connectivity index (χ3v) is 7.30. The summed E-state index contributed by atoms with van der Waals surface area (Å²) in [6.45, 7) is 3.72. The number of aromatic nitrogens is 2. The van der Waals surface area contributed by atoms with E-state index in [0.717, 1.165) is 19.3 Å². The third kappa shape index (κ3) is 4.17. The summed E-state index contributed by atoms with van der Waals surface area (Å²) >= 11 is 6.54. The van der Waals surface area contributed by atoms with E-state index in [0.29, 0.717) is 17.3 Å². The van der Waals surface area contributed by atoms with E-state index in [9.17, 15) is 13.8 Å². The summed E-state index contributed by atoms with van der Waals surface area (Å²) < 4.78 is 24.6. The highest BCUT2D eigenvalue weighted by Gasteiger charge is 2.24. The van der Waals surface area contributed by atoms with Crippen LogP contribution in [0, 0.1) is 0 Å². The molecule has 1 aliphatic heterocycles. The number of ketones is 1. The minimum Gasteiger partial charge on any atom is -0.489 e. The normalized spacial score (nSPS) is 16.2. The van der Waals surface area contributed by atoms with E-state index in [1.165, 1.54) is 24.0 Å². The maximum Gasteiger partial charge on any atom is 0.277 e. The number of benzene rings is 1. The van der Waals surface area contributed by atoms with Crippen molar-refractivity contribution in [1.29, 1.82) is 0 Å². The lowest BCUT2D eigenvalue weighted by molar-refractivity contribution is 0.103. The topological polar surface area (TPSA) is 93.5 Å². The van der Waals surface area contributed by atoms with Gasteiger partial charge < -0.3 is 9.84 Å². The van der Waals surface area contributed by atoms with Crippen molar-refractivity contribution >= 4 is 32.8 Å². The Morgan fingerprint density at radius 2 is 1.93 bits per heavy atom. The lowest BCUT2D eigenvalue weighted by atomic mass is 10.0. The van der Waals surface area contributed by atoms with Crippen molar-refractivity contribution in [2.75, 3.05) is 11.5 Å². The van der Waals surface area contributed by atoms with Crippen molar-refractivity contribution in [2.24, 2.45) is 11.4 Å². The number of hydrogen-bond donors (Lipinski definition) is 1. The summed E-state index contributed by atoms with van der Waals surface area (Å²) in [5, 5.41) is 2.73. The van der Waals surface area contributed by atoms with Gasteiger partial charge in [-0.3, -0.25) is 14.3 Å². The molecule has 28 heavy (non-hydrogen) atoms. The Morgan fingerprint density at radius 3 is 2.50 bits per heavy atom. The van der Waals surface area contributed by atoms with Crippen LogP contribution in [0.25, 0.3) is 0 Å². The minimum atomic E-state index is -2.46. The van der Waals surface area contributed by atoms with Crippen molar-refractivity contribution in [3.63, 3.8) is 0 Å². The molecule has 1 aliphatic rings. The van der Waals surface area contributed by atoms with Crippen LogP contribution in [0.15, 0.2) is 27.5 Å². The van der Waals surface area contributed by atoms with Crippen molar-refractivity contribution in [3.05, 3.63) is 44.8 Å². The quantitative estimate of drug-likeness (QED) is 0.739. The van der Waals surface area contributed by atoms with Gasteiger partial charge in [0.05, 0.1) is 20.9 Å². The average molecular weight is 426 g/mol. The number of carbonyl (C=O) groups is 1. The van der Waals surface area contributed by atoms with Gasteiger partial charge in [-0.1, -0.05) is 18.0 Å². The molecule has 1 aromatic carbocycles. The van der Waals surface area contributed by atoms with E-state index in [1.54, 1.807) is 6.07 Å². The Bertz CT molecular complexity index is 1070. The Hall–Kier alpha value is -2.06. The Kier molecular flexibility index (Phi) is 6.00. The van der Waals surface area contributed by atoms with E-state index in [4.69, 9.17) is 16.3 Å². The van der Waals surface area contributed by atoms with Crippen LogP contribution in [0.5, 0.6) is 5.75 Å². The Labute approximate surface area is 169 Å². The fourth-order valence-corrected chi connectivity index (χ4v) is 5.66. The first-order valence-corrected chi connectivity index (χ1v) is 11.5. The fourth-order valence-electron chi connectivity index (χ4n) is 3.12. The van der Waals surface area contributed by atoms with Crippen molar-refractivity contribution in [2.45, 2.75) is 39.2 Å². The van der Waals surface area contributed by atoms with E-state index in [2.05, 4.69) is 9.46 Å². The number of aromatic amines is 1. The van der Waals surface area contributed by atoms with Gasteiger partial charge >= 0.3 is 0 Å². The van der Waals surface area contributed by atoms with Crippen molar-refractivity contribution in [1.82, 2.24) is 9.78 Å². The second-order valence-electron chi connectivity index (χ2n) is 7.15. The van der Waals surface area contributed by atoms with Gasteiger partial charge in [-0.15, -0.1) is 0 Å². The number of nitrogens with one attached hydrogen (secondary N) is 1. The third-order valence-electron chi connectivity index (χ3n) is 4.55. The van der Waals surface area contributed by atoms with Gasteiger partial charge in [0.1, 0.15) is 17.0 Å². The van der Waals surface area contributed by atoms with Gasteiger partial charge in [0.2, 0.25) is 5.78 Å². The molecule has 1 N–H and O–H groups in total. The summed E-state index contributed by atoms with van der Waals surface area (Å²) in [6, 6.07) is 3.11. The highest BCUT2D eigenvalue weighted by atomic mass is 35.5. The van der Waals surface area contributed by atoms with E-state index < -0.39 is 21.1 Å². The maximum absolute atomic E-state index is 13.1. The molecule has 152 valence electrons. The second-order valence-corrected chi connectivity index (χ2v) is 10.1. The van der Waals surface area contributed by atoms with Gasteiger partial charge in [0.25, 0.3) is 5.56 Å². The summed E-state index contributed by atoms with van der Waals surface area (Å²) in [7, 11) is -0.935. The summed E-state index contributed by atoms with van der Waals surface area (Å²) in [5.74, 6) is 0.867. The van der Waals surface area contributed by atoms with Gasteiger partial charge in [0, 0.05) is 30.3 Å². The maximum atomic E-state index is 13.1. The number of nitrogens with zero attached hydrogens (tertiary/aromatic N) is 2. The van der Waals surface area contributed by atoms with Gasteiger partial charge in [-0.25, -0.2) is 4.21 Å². The second kappa shape index (κ2) is 8.13. The molecule has 0 radical (unpaired) electrons. The molecule has 1 fully saturated rings. The summed E-state index contributed by atoms with van der Waals surface area (Å²) in [4.78, 5) is 25.0. The molecule has 1 saturated heterocycles. The van der Waals surface area contributed by atoms with Gasteiger partial charge in [-0.2, -0.15) is 4.36 Å². The van der Waals surface area contributed by atoms with Crippen LogP contribution in [-0.4, -0.2) is 37.4 Å². The minimum absolute atomic E-state index is 0.0188. The standard InChI is InChI=1S/C19H24ClN3O4S/c1-12(2)27-15-8-7-13(18(24)14-11-21-23(3)19(14)25)16(20)17(15)22-28(26)9-5-4-6-10-28/h7-8,11-12,21H,4-6,9-10H2,1-3H3. The first-order valence-electron chi connectivity index (χ1n) is 9.22. The predicted octanol–water partition coefficient (Wildman–Crippen LogP) is 3.67. The number of carbonyl (C=O) groups excluding carboxylic acids is 1. The molecule has 0 bridgehead atoms. The Balaban J connectivity index is 2.15. The Morgan fingerprint density at radius 1 is 1.25 bits per heavy atom. The van der Waals surface area contributed by atoms with Crippen LogP contribution >= 0.6 is 11.6 Å². The molecule has 0 aliphatic carbocycles. The fraction of sp³-hybridized carbons (Fsp3) is 0.474. The molecule has 7 nitrogen and oxygen atoms in total. The molecule has 0 atom stereocenters. The number of rotatable bonds is 5. The summed E-state index contributed by atoms with van der Waals surface area (Å²) in [6.07, 6.45) is 3.92. The number of halogens is 1. The SMILES string of the molecule is CC(C)Oc1ccc(C(=O)c2c[nH]n(C)c2=O)c(Cl)c1N=S1(=O)CCCCC1. The van der Waals surface area contributed by atoms with Crippen LogP contribution in [0.4, 0.5) is 5.69 Å². The first kappa shape index (κ1) is 20.7. The van der Waals surface area contributed by atoms with Crippen LogP contribution < -0.4 is 10.3 Å². The lowest BCUT2D eigenvalue weighted by Crippen LogP contribution is -2.19. The molecule has 2 aromatic rings. The highest BCUT2D eigenvalue weighted by molar-refractivity contribution is 7.93. The monoisotopic (exact) mass is 425 g/mol. The predicted molar refractivity (Wildman–Crippen MR) is 110 cm³/mol. The highest BCUT2D eigenvalue weighted by Crippen LogP contribution is 2.40. The lowest BCUT2D eigenvalue weighted by Gasteiger charge is -2.18. The van der Waals surface area contributed by atoms with E-state index in [-0.39, 0.29) is 27.9 Å². The van der Waals surface area contributed by atoms with Gasteiger partial charge in [-0.05, 0) is 38.8 Å². The molecule has 1 aromatic heterocycles. The summed E-state index contributed by atoms with van der Waals surface area (Å²) in [5.41, 5.74) is -0.109. The van der Waals surface area contributed by atoms with Crippen LogP contribution in [0.1, 0.15) is 49.0 Å². The molecule has 0 unspecified atom stereocenters. The number of aryl methyl sites for hydroxylation is 1. The molecule has 0 saturated carbocycles. The van der Waals surface area contributed by atoms with Crippen molar-refractivity contribution in [3.8, 4) is 5.75 Å². The molecule has 2 heterocycles. The average Bonchev–Trinajstić information content (AvgIpc) is 2.97. The number of hydrogen-bond acceptors (Lipinski definition) is 5. The first-order chi connectivity index (χ1) is 13.2. The molecule has 3 rings (SSSR count). The molecule has 0 spiro atoms. The van der Waals surface area contributed by atoms with E-state index in [1.807, 2.05) is 13.8 Å².